The number of nitrogens with zero attached hydrogens (tertiary/aromatic N) is 6. The quantitative estimate of drug-likeness (QED) is 0.386. The Labute approximate surface area is 184 Å². The zero-order valence-electron chi connectivity index (χ0n) is 17.5. The molecule has 0 amide bonds. The third-order valence-electron chi connectivity index (χ3n) is 6.40. The predicted octanol–water partition coefficient (Wildman–Crippen LogP) is 5.02. The lowest BCUT2D eigenvalue weighted by atomic mass is 9.82. The van der Waals surface area contributed by atoms with Crippen LogP contribution in [0, 0.1) is 22.7 Å². The minimum absolute atomic E-state index is 0.0786. The van der Waals surface area contributed by atoms with Gasteiger partial charge in [0.2, 0.25) is 17.6 Å². The summed E-state index contributed by atoms with van der Waals surface area (Å²) in [6.45, 7) is 4.51. The number of hydrogen-bond acceptors (Lipinski definition) is 5. The minimum Gasteiger partial charge on any atom is -0.278 e. The Morgan fingerprint density at radius 1 is 0.719 bits per heavy atom. The first-order chi connectivity index (χ1) is 15.5. The van der Waals surface area contributed by atoms with Crippen LogP contribution in [0.4, 0.5) is 0 Å². The topological polar surface area (TPSA) is 91.2 Å². The van der Waals surface area contributed by atoms with Gasteiger partial charge in [0.15, 0.2) is 0 Å². The van der Waals surface area contributed by atoms with E-state index in [1.165, 1.54) is 22.3 Å². The Morgan fingerprint density at radius 2 is 1.41 bits per heavy atom. The van der Waals surface area contributed by atoms with Crippen molar-refractivity contribution in [3.63, 3.8) is 0 Å². The van der Waals surface area contributed by atoms with Gasteiger partial charge in [0.25, 0.3) is 0 Å². The van der Waals surface area contributed by atoms with Crippen molar-refractivity contribution in [2.24, 2.45) is 0 Å². The summed E-state index contributed by atoms with van der Waals surface area (Å²) in [5.41, 5.74) is 6.71. The fourth-order valence-electron chi connectivity index (χ4n) is 4.94. The van der Waals surface area contributed by atoms with E-state index in [2.05, 4.69) is 71.3 Å². The molecule has 2 heterocycles. The van der Waals surface area contributed by atoms with Crippen molar-refractivity contribution in [2.75, 3.05) is 0 Å². The lowest BCUT2D eigenvalue weighted by molar-refractivity contribution is 0.661. The van der Waals surface area contributed by atoms with E-state index in [-0.39, 0.29) is 23.0 Å². The summed E-state index contributed by atoms with van der Waals surface area (Å²) < 4.78 is 1.92. The van der Waals surface area contributed by atoms with Crippen LogP contribution in [-0.2, 0) is 5.41 Å². The van der Waals surface area contributed by atoms with Gasteiger partial charge in [-0.2, -0.15) is 25.5 Å². The van der Waals surface area contributed by atoms with E-state index in [4.69, 9.17) is 0 Å². The Balaban J connectivity index is 1.77. The maximum Gasteiger partial charge on any atom is 0.239 e. The van der Waals surface area contributed by atoms with Crippen LogP contribution >= 0.6 is 0 Å². The lowest BCUT2D eigenvalue weighted by Crippen LogP contribution is -2.14. The van der Waals surface area contributed by atoms with Crippen LogP contribution in [0.15, 0.2) is 60.7 Å². The molecule has 6 rings (SSSR count). The molecule has 0 N–H and O–H groups in total. The van der Waals surface area contributed by atoms with Crippen molar-refractivity contribution in [2.45, 2.75) is 19.3 Å². The molecule has 1 aliphatic rings. The molecule has 0 radical (unpaired) electrons. The molecule has 0 spiro atoms. The van der Waals surface area contributed by atoms with Gasteiger partial charge in [-0.3, -0.25) is 4.57 Å². The van der Waals surface area contributed by atoms with Gasteiger partial charge in [0.05, 0.1) is 11.0 Å². The Morgan fingerprint density at radius 3 is 2.16 bits per heavy atom. The number of fused-ring (bicyclic) bond motifs is 6. The summed E-state index contributed by atoms with van der Waals surface area (Å²) >= 11 is 0. The number of hydrogen-bond donors (Lipinski definition) is 0. The molecular weight excluding hydrogens is 396 g/mol. The standard InChI is InChI=1S/C26H16N6/c1-26(2)19-9-5-3-7-15(19)17-12-22-18(11-20(17)26)16-8-4-6-10-21(16)32(22)25-30-23(13-27)29-24(14-28)31-25/h3-12H,1-2H3. The zero-order chi connectivity index (χ0) is 22.0. The van der Waals surface area contributed by atoms with Crippen molar-refractivity contribution in [3.05, 3.63) is 83.4 Å². The average molecular weight is 412 g/mol. The lowest BCUT2D eigenvalue weighted by Gasteiger charge is -2.21. The normalized spacial score (nSPS) is 13.5. The summed E-state index contributed by atoms with van der Waals surface area (Å²) in [5, 5.41) is 20.9. The van der Waals surface area contributed by atoms with Crippen LogP contribution < -0.4 is 0 Å². The summed E-state index contributed by atoms with van der Waals surface area (Å²) in [7, 11) is 0. The molecule has 1 aliphatic carbocycles. The van der Waals surface area contributed by atoms with E-state index in [1.807, 2.05) is 34.9 Å². The number of aromatic nitrogens is 4. The highest BCUT2D eigenvalue weighted by atomic mass is 15.2. The monoisotopic (exact) mass is 412 g/mol. The Kier molecular flexibility index (Phi) is 3.55. The summed E-state index contributed by atoms with van der Waals surface area (Å²) in [5.74, 6) is 0.111. The zero-order valence-corrected chi connectivity index (χ0v) is 17.5. The average Bonchev–Trinajstić information content (AvgIpc) is 3.27. The van der Waals surface area contributed by atoms with Gasteiger partial charge in [-0.1, -0.05) is 56.3 Å². The molecular formula is C26H16N6. The molecule has 6 nitrogen and oxygen atoms in total. The second kappa shape index (κ2) is 6.23. The van der Waals surface area contributed by atoms with Gasteiger partial charge in [-0.15, -0.1) is 0 Å². The number of nitriles is 2. The number of benzene rings is 3. The van der Waals surface area contributed by atoms with Gasteiger partial charge >= 0.3 is 0 Å². The molecule has 0 aliphatic heterocycles. The van der Waals surface area contributed by atoms with Gasteiger partial charge in [-0.25, -0.2) is 0 Å². The molecule has 3 aromatic carbocycles. The third-order valence-corrected chi connectivity index (χ3v) is 6.40. The van der Waals surface area contributed by atoms with E-state index in [0.717, 1.165) is 21.8 Å². The second-order valence-electron chi connectivity index (χ2n) is 8.44. The van der Waals surface area contributed by atoms with Gasteiger partial charge in [0, 0.05) is 16.2 Å². The molecule has 0 unspecified atom stereocenters. The van der Waals surface area contributed by atoms with Crippen molar-refractivity contribution in [3.8, 4) is 29.2 Å². The predicted molar refractivity (Wildman–Crippen MR) is 121 cm³/mol. The minimum atomic E-state index is -0.113. The SMILES string of the molecule is CC1(C)c2ccccc2-c2cc3c(cc21)c1ccccc1n3-c1nc(C#N)nc(C#N)n1. The summed E-state index contributed by atoms with van der Waals surface area (Å²) in [4.78, 5) is 12.6. The highest BCUT2D eigenvalue weighted by molar-refractivity contribution is 6.11. The molecule has 0 saturated carbocycles. The van der Waals surface area contributed by atoms with Gasteiger partial charge in [0.1, 0.15) is 12.1 Å². The highest BCUT2D eigenvalue weighted by Crippen LogP contribution is 2.50. The van der Waals surface area contributed by atoms with Gasteiger partial charge < -0.3 is 0 Å². The van der Waals surface area contributed by atoms with E-state index in [1.54, 1.807) is 0 Å². The summed E-state index contributed by atoms with van der Waals surface area (Å²) in [6.07, 6.45) is 0. The fraction of sp³-hybridized carbons (Fsp3) is 0.115. The molecule has 0 bridgehead atoms. The van der Waals surface area contributed by atoms with Crippen LogP contribution in [0.2, 0.25) is 0 Å². The maximum absolute atomic E-state index is 9.38. The van der Waals surface area contributed by atoms with E-state index >= 15 is 0 Å². The van der Waals surface area contributed by atoms with Crippen LogP contribution in [-0.4, -0.2) is 19.5 Å². The first-order valence-corrected chi connectivity index (χ1v) is 10.3. The Hall–Kier alpha value is -4.55. The van der Waals surface area contributed by atoms with Crippen molar-refractivity contribution in [1.82, 2.24) is 19.5 Å². The molecule has 32 heavy (non-hydrogen) atoms. The summed E-state index contributed by atoms with van der Waals surface area (Å²) in [6, 6.07) is 24.9. The molecule has 2 aromatic heterocycles. The number of para-hydroxylation sites is 1. The smallest absolute Gasteiger partial charge is 0.239 e. The molecule has 6 heteroatoms. The van der Waals surface area contributed by atoms with Crippen molar-refractivity contribution >= 4 is 21.8 Å². The van der Waals surface area contributed by atoms with Gasteiger partial charge in [-0.05, 0) is 40.5 Å². The van der Waals surface area contributed by atoms with Crippen LogP contribution in [0.5, 0.6) is 0 Å². The van der Waals surface area contributed by atoms with E-state index < -0.39 is 0 Å². The largest absolute Gasteiger partial charge is 0.278 e. The number of rotatable bonds is 1. The highest BCUT2D eigenvalue weighted by Gasteiger charge is 2.36. The molecule has 5 aromatic rings. The molecule has 0 fully saturated rings. The third kappa shape index (κ3) is 2.29. The second-order valence-corrected chi connectivity index (χ2v) is 8.44. The molecule has 0 atom stereocenters. The van der Waals surface area contributed by atoms with Crippen molar-refractivity contribution < 1.29 is 0 Å². The fourth-order valence-corrected chi connectivity index (χ4v) is 4.94. The maximum atomic E-state index is 9.38. The van der Waals surface area contributed by atoms with E-state index in [0.29, 0.717) is 0 Å². The van der Waals surface area contributed by atoms with Crippen molar-refractivity contribution in [1.29, 1.82) is 10.5 Å². The first kappa shape index (κ1) is 18.2. The Bertz CT molecular complexity index is 1650. The first-order valence-electron chi connectivity index (χ1n) is 10.3. The van der Waals surface area contributed by atoms with Crippen LogP contribution in [0.3, 0.4) is 0 Å². The van der Waals surface area contributed by atoms with Crippen LogP contribution in [0.25, 0.3) is 38.9 Å². The van der Waals surface area contributed by atoms with E-state index in [9.17, 15) is 10.5 Å². The van der Waals surface area contributed by atoms with Crippen LogP contribution in [0.1, 0.15) is 36.6 Å². The molecule has 150 valence electrons. The molecule has 0 saturated heterocycles.